The first-order valence-corrected chi connectivity index (χ1v) is 10.6. The molecule has 2 aromatic carbocycles. The number of hydrogen-bond donors (Lipinski definition) is 1. The molecule has 0 aliphatic heterocycles. The average molecular weight is 469 g/mol. The van der Waals surface area contributed by atoms with Gasteiger partial charge >= 0.3 is 5.97 Å². The summed E-state index contributed by atoms with van der Waals surface area (Å²) in [5.74, 6) is -1.53. The molecule has 0 saturated heterocycles. The predicted octanol–water partition coefficient (Wildman–Crippen LogP) is 5.28. The third-order valence-electron chi connectivity index (χ3n) is 4.81. The Morgan fingerprint density at radius 3 is 2.39 bits per heavy atom. The van der Waals surface area contributed by atoms with Crippen molar-refractivity contribution in [3.05, 3.63) is 84.3 Å². The van der Waals surface area contributed by atoms with E-state index in [1.165, 1.54) is 0 Å². The summed E-state index contributed by atoms with van der Waals surface area (Å²) in [6.07, 6.45) is 0. The van der Waals surface area contributed by atoms with Crippen LogP contribution in [0.1, 0.15) is 38.8 Å². The van der Waals surface area contributed by atoms with E-state index in [2.05, 4.69) is 5.32 Å². The maximum Gasteiger partial charge on any atom is 0.341 e. The van der Waals surface area contributed by atoms with Crippen LogP contribution in [0.5, 0.6) is 0 Å². The van der Waals surface area contributed by atoms with Crippen LogP contribution in [-0.2, 0) is 4.74 Å². The van der Waals surface area contributed by atoms with Gasteiger partial charge in [-0.25, -0.2) is 4.79 Å². The van der Waals surface area contributed by atoms with Crippen LogP contribution in [0, 0.1) is 34.1 Å². The molecule has 0 fully saturated rings. The fourth-order valence-corrected chi connectivity index (χ4v) is 4.17. The molecular weight excluding hydrogens is 450 g/mol. The number of nitro groups is 2. The number of thiophene rings is 1. The minimum absolute atomic E-state index is 0.113. The highest BCUT2D eigenvalue weighted by atomic mass is 32.1. The van der Waals surface area contributed by atoms with E-state index in [1.54, 1.807) is 12.3 Å². The second kappa shape index (κ2) is 9.57. The first-order valence-electron chi connectivity index (χ1n) is 9.74. The number of rotatable bonds is 7. The van der Waals surface area contributed by atoms with E-state index in [9.17, 15) is 29.8 Å². The van der Waals surface area contributed by atoms with Crippen molar-refractivity contribution in [3.63, 3.8) is 0 Å². The summed E-state index contributed by atoms with van der Waals surface area (Å²) in [6, 6.07) is 8.49. The lowest BCUT2D eigenvalue weighted by Gasteiger charge is -2.11. The van der Waals surface area contributed by atoms with Gasteiger partial charge in [-0.3, -0.25) is 25.0 Å². The van der Waals surface area contributed by atoms with Crippen molar-refractivity contribution in [1.82, 2.24) is 0 Å². The fraction of sp³-hybridized carbons (Fsp3) is 0.182. The molecule has 0 radical (unpaired) electrons. The number of hydrogen-bond acceptors (Lipinski definition) is 8. The molecule has 3 rings (SSSR count). The first kappa shape index (κ1) is 23.5. The lowest BCUT2D eigenvalue weighted by Crippen LogP contribution is -2.16. The lowest BCUT2D eigenvalue weighted by molar-refractivity contribution is -0.394. The monoisotopic (exact) mass is 469 g/mol. The minimum Gasteiger partial charge on any atom is -0.462 e. The van der Waals surface area contributed by atoms with Gasteiger partial charge in [0, 0.05) is 17.0 Å². The summed E-state index contributed by atoms with van der Waals surface area (Å²) in [5, 5.41) is 26.8. The summed E-state index contributed by atoms with van der Waals surface area (Å²) in [4.78, 5) is 46.4. The van der Waals surface area contributed by atoms with Gasteiger partial charge in [0.2, 0.25) is 0 Å². The molecule has 0 aliphatic rings. The molecule has 0 aliphatic carbocycles. The number of amides is 1. The molecule has 3 aromatic rings. The Hall–Kier alpha value is -4.12. The van der Waals surface area contributed by atoms with Crippen LogP contribution in [0.25, 0.3) is 11.1 Å². The molecule has 33 heavy (non-hydrogen) atoms. The van der Waals surface area contributed by atoms with Gasteiger partial charge < -0.3 is 10.1 Å². The Morgan fingerprint density at radius 2 is 1.76 bits per heavy atom. The van der Waals surface area contributed by atoms with E-state index in [0.29, 0.717) is 5.56 Å². The van der Waals surface area contributed by atoms with Gasteiger partial charge in [0.15, 0.2) is 0 Å². The number of ether oxygens (including phenoxy) is 1. The van der Waals surface area contributed by atoms with Gasteiger partial charge in [-0.2, -0.15) is 0 Å². The van der Waals surface area contributed by atoms with Crippen LogP contribution >= 0.6 is 11.3 Å². The predicted molar refractivity (Wildman–Crippen MR) is 123 cm³/mol. The van der Waals surface area contributed by atoms with Gasteiger partial charge in [0.05, 0.1) is 22.5 Å². The second-order valence-electron chi connectivity index (χ2n) is 7.06. The summed E-state index contributed by atoms with van der Waals surface area (Å²) in [6.45, 7) is 5.57. The zero-order valence-electron chi connectivity index (χ0n) is 17.9. The summed E-state index contributed by atoms with van der Waals surface area (Å²) < 4.78 is 5.18. The second-order valence-corrected chi connectivity index (χ2v) is 7.94. The number of benzene rings is 2. The number of nitrogens with zero attached hydrogens (tertiary/aromatic N) is 2. The fourth-order valence-electron chi connectivity index (χ4n) is 3.23. The standard InChI is InChI=1S/C22H19N3O7S/c1-4-32-22(27)19-17(16-9-12(2)5-6-13(16)3)11-33-21(19)23-20(26)15-8-7-14(24(28)29)10-18(15)25(30)31/h5-11H,4H2,1-3H3,(H,23,26). The number of anilines is 1. The molecular formula is C22H19N3O7S. The Labute approximate surface area is 192 Å². The highest BCUT2D eigenvalue weighted by Gasteiger charge is 2.28. The molecule has 0 bridgehead atoms. The smallest absolute Gasteiger partial charge is 0.341 e. The molecule has 0 unspecified atom stereocenters. The Kier molecular flexibility index (Phi) is 6.83. The molecule has 1 N–H and O–H groups in total. The summed E-state index contributed by atoms with van der Waals surface area (Å²) in [7, 11) is 0. The molecule has 0 atom stereocenters. The van der Waals surface area contributed by atoms with Gasteiger partial charge in [0.25, 0.3) is 17.3 Å². The van der Waals surface area contributed by atoms with E-state index in [0.717, 1.165) is 46.2 Å². The third kappa shape index (κ3) is 4.88. The number of nitrogens with one attached hydrogen (secondary N) is 1. The first-order chi connectivity index (χ1) is 15.6. The summed E-state index contributed by atoms with van der Waals surface area (Å²) in [5.41, 5.74) is 1.76. The maximum atomic E-state index is 12.9. The van der Waals surface area contributed by atoms with Crippen LogP contribution in [0.15, 0.2) is 41.8 Å². The van der Waals surface area contributed by atoms with Crippen molar-refractivity contribution in [1.29, 1.82) is 0 Å². The Bertz CT molecular complexity index is 1280. The number of non-ortho nitro benzene ring substituents is 1. The van der Waals surface area contributed by atoms with Crippen molar-refractivity contribution in [3.8, 4) is 11.1 Å². The quantitative estimate of drug-likeness (QED) is 0.282. The highest BCUT2D eigenvalue weighted by molar-refractivity contribution is 7.15. The zero-order chi connectivity index (χ0) is 24.3. The molecule has 10 nitrogen and oxygen atoms in total. The number of esters is 1. The normalized spacial score (nSPS) is 10.5. The Morgan fingerprint density at radius 1 is 1.03 bits per heavy atom. The van der Waals surface area contributed by atoms with Gasteiger partial charge in [-0.15, -0.1) is 11.3 Å². The van der Waals surface area contributed by atoms with E-state index in [1.807, 2.05) is 32.0 Å². The highest BCUT2D eigenvalue weighted by Crippen LogP contribution is 2.38. The molecule has 1 amide bonds. The molecule has 11 heteroatoms. The van der Waals surface area contributed by atoms with E-state index < -0.39 is 33.1 Å². The van der Waals surface area contributed by atoms with Crippen molar-refractivity contribution in [2.75, 3.05) is 11.9 Å². The minimum atomic E-state index is -0.878. The maximum absolute atomic E-state index is 12.9. The van der Waals surface area contributed by atoms with Gasteiger partial charge in [0.1, 0.15) is 16.1 Å². The number of aryl methyl sites for hydroxylation is 2. The SMILES string of the molecule is CCOC(=O)c1c(-c2cc(C)ccc2C)csc1NC(=O)c1ccc([N+](=O)[O-])cc1[N+](=O)[O-]. The van der Waals surface area contributed by atoms with Crippen molar-refractivity contribution in [2.45, 2.75) is 20.8 Å². The van der Waals surface area contributed by atoms with Gasteiger partial charge in [-0.1, -0.05) is 23.8 Å². The number of carbonyl (C=O) groups excluding carboxylic acids is 2. The number of carbonyl (C=O) groups is 2. The number of nitro benzene ring substituents is 2. The van der Waals surface area contributed by atoms with Crippen molar-refractivity contribution in [2.24, 2.45) is 0 Å². The lowest BCUT2D eigenvalue weighted by atomic mass is 9.97. The van der Waals surface area contributed by atoms with Crippen LogP contribution in [0.4, 0.5) is 16.4 Å². The molecule has 0 saturated carbocycles. The van der Waals surface area contributed by atoms with E-state index in [-0.39, 0.29) is 22.7 Å². The van der Waals surface area contributed by atoms with Crippen LogP contribution in [0.3, 0.4) is 0 Å². The van der Waals surface area contributed by atoms with Crippen LogP contribution in [0.2, 0.25) is 0 Å². The van der Waals surface area contributed by atoms with E-state index in [4.69, 9.17) is 4.74 Å². The molecule has 1 aromatic heterocycles. The van der Waals surface area contributed by atoms with Crippen molar-refractivity contribution >= 4 is 39.6 Å². The Balaban J connectivity index is 2.07. The van der Waals surface area contributed by atoms with Gasteiger partial charge in [-0.05, 0) is 38.0 Å². The topological polar surface area (TPSA) is 142 Å². The largest absolute Gasteiger partial charge is 0.462 e. The molecule has 1 heterocycles. The molecule has 0 spiro atoms. The average Bonchev–Trinajstić information content (AvgIpc) is 3.18. The van der Waals surface area contributed by atoms with Crippen molar-refractivity contribution < 1.29 is 24.2 Å². The van der Waals surface area contributed by atoms with E-state index >= 15 is 0 Å². The third-order valence-corrected chi connectivity index (χ3v) is 5.71. The van der Waals surface area contributed by atoms with Crippen LogP contribution in [-0.4, -0.2) is 28.3 Å². The molecule has 170 valence electrons. The van der Waals surface area contributed by atoms with Crippen LogP contribution < -0.4 is 5.32 Å². The zero-order valence-corrected chi connectivity index (χ0v) is 18.7. The summed E-state index contributed by atoms with van der Waals surface area (Å²) >= 11 is 1.07.